The van der Waals surface area contributed by atoms with Gasteiger partial charge in [-0.15, -0.1) is 0 Å². The molecular formula is C21H23Cl2N3O2S. The summed E-state index contributed by atoms with van der Waals surface area (Å²) in [6, 6.07) is 10.9. The molecule has 0 atom stereocenters. The lowest BCUT2D eigenvalue weighted by Crippen LogP contribution is -2.36. The molecule has 5 nitrogen and oxygen atoms in total. The molecular weight excluding hydrogens is 429 g/mol. The van der Waals surface area contributed by atoms with Gasteiger partial charge in [-0.3, -0.25) is 10.1 Å². The number of methoxy groups -OCH3 is 1. The molecule has 2 aromatic rings. The molecule has 29 heavy (non-hydrogen) atoms. The second-order valence-corrected chi connectivity index (χ2v) is 8.32. The van der Waals surface area contributed by atoms with Crippen molar-refractivity contribution in [2.45, 2.75) is 19.8 Å². The van der Waals surface area contributed by atoms with Crippen molar-refractivity contribution < 1.29 is 9.53 Å². The van der Waals surface area contributed by atoms with Crippen molar-refractivity contribution in [1.29, 1.82) is 0 Å². The van der Waals surface area contributed by atoms with Crippen molar-refractivity contribution in [2.75, 3.05) is 30.4 Å². The molecule has 0 saturated carbocycles. The van der Waals surface area contributed by atoms with Gasteiger partial charge < -0.3 is 15.0 Å². The highest BCUT2D eigenvalue weighted by Gasteiger charge is 2.20. The minimum atomic E-state index is -0.451. The second-order valence-electron chi connectivity index (χ2n) is 7.06. The molecule has 3 rings (SSSR count). The Balaban J connectivity index is 1.73. The summed E-state index contributed by atoms with van der Waals surface area (Å²) < 4.78 is 5.24. The molecule has 2 N–H and O–H groups in total. The lowest BCUT2D eigenvalue weighted by Gasteiger charge is -2.33. The summed E-state index contributed by atoms with van der Waals surface area (Å²) in [6.07, 6.45) is 2.32. The SMILES string of the molecule is COc1c(Cl)cc(Cl)cc1C(=O)NC(=S)Nc1ccccc1N1CCC(C)CC1. The number of carbonyl (C=O) groups is 1. The smallest absolute Gasteiger partial charge is 0.261 e. The summed E-state index contributed by atoms with van der Waals surface area (Å²) in [6.45, 7) is 4.27. The molecule has 1 amide bonds. The number of amides is 1. The van der Waals surface area contributed by atoms with E-state index in [0.717, 1.165) is 43.2 Å². The number of hydrogen-bond acceptors (Lipinski definition) is 4. The van der Waals surface area contributed by atoms with Crippen LogP contribution in [-0.4, -0.2) is 31.2 Å². The first-order chi connectivity index (χ1) is 13.9. The Morgan fingerprint density at radius 1 is 1.21 bits per heavy atom. The standard InChI is InChI=1S/C21H23Cl2N3O2S/c1-13-7-9-26(10-8-13)18-6-4-3-5-17(18)24-21(29)25-20(27)15-11-14(22)12-16(23)19(15)28-2/h3-6,11-13H,7-10H2,1-2H3,(H2,24,25,27,29). The fraction of sp³-hybridized carbons (Fsp3) is 0.333. The van der Waals surface area contributed by atoms with Crippen molar-refractivity contribution in [2.24, 2.45) is 5.92 Å². The van der Waals surface area contributed by atoms with E-state index in [-0.39, 0.29) is 21.4 Å². The minimum Gasteiger partial charge on any atom is -0.494 e. The zero-order valence-corrected chi connectivity index (χ0v) is 18.6. The Kier molecular flexibility index (Phi) is 7.22. The maximum atomic E-state index is 12.7. The molecule has 1 heterocycles. The van der Waals surface area contributed by atoms with Gasteiger partial charge in [-0.1, -0.05) is 42.3 Å². The average molecular weight is 452 g/mol. The number of nitrogens with zero attached hydrogens (tertiary/aromatic N) is 1. The number of nitrogens with one attached hydrogen (secondary N) is 2. The molecule has 0 unspecified atom stereocenters. The molecule has 2 aromatic carbocycles. The third-order valence-electron chi connectivity index (χ3n) is 4.96. The molecule has 8 heteroatoms. The zero-order chi connectivity index (χ0) is 21.0. The van der Waals surface area contributed by atoms with Crippen molar-refractivity contribution in [3.05, 3.63) is 52.0 Å². The highest BCUT2D eigenvalue weighted by atomic mass is 35.5. The first-order valence-corrected chi connectivity index (χ1v) is 10.5. The third kappa shape index (κ3) is 5.32. The fourth-order valence-electron chi connectivity index (χ4n) is 3.37. The van der Waals surface area contributed by atoms with E-state index in [2.05, 4.69) is 28.5 Å². The normalized spacial score (nSPS) is 14.4. The van der Waals surface area contributed by atoms with Crippen LogP contribution in [0.25, 0.3) is 0 Å². The first kappa shape index (κ1) is 21.7. The van der Waals surface area contributed by atoms with Crippen molar-refractivity contribution in [3.63, 3.8) is 0 Å². The highest BCUT2D eigenvalue weighted by molar-refractivity contribution is 7.80. The van der Waals surface area contributed by atoms with Gasteiger partial charge in [0.05, 0.1) is 29.1 Å². The molecule has 1 aliphatic rings. The Morgan fingerprint density at radius 3 is 2.59 bits per heavy atom. The molecule has 0 bridgehead atoms. The van der Waals surface area contributed by atoms with E-state index in [1.807, 2.05) is 18.2 Å². The van der Waals surface area contributed by atoms with Crippen LogP contribution in [0.4, 0.5) is 11.4 Å². The number of rotatable bonds is 4. The van der Waals surface area contributed by atoms with Crippen LogP contribution in [0.3, 0.4) is 0 Å². The topological polar surface area (TPSA) is 53.6 Å². The molecule has 0 aromatic heterocycles. The first-order valence-electron chi connectivity index (χ1n) is 9.38. The van der Waals surface area contributed by atoms with Crippen molar-refractivity contribution in [1.82, 2.24) is 5.32 Å². The number of carbonyl (C=O) groups excluding carboxylic acids is 1. The lowest BCUT2D eigenvalue weighted by atomic mass is 9.98. The van der Waals surface area contributed by atoms with Crippen LogP contribution in [0.5, 0.6) is 5.75 Å². The van der Waals surface area contributed by atoms with E-state index in [1.165, 1.54) is 19.2 Å². The number of para-hydroxylation sites is 2. The van der Waals surface area contributed by atoms with E-state index < -0.39 is 5.91 Å². The van der Waals surface area contributed by atoms with E-state index in [1.54, 1.807) is 0 Å². The number of halogens is 2. The Labute approximate surface area is 186 Å². The quantitative estimate of drug-likeness (QED) is 0.612. The van der Waals surface area contributed by atoms with Crippen molar-refractivity contribution >= 4 is 57.8 Å². The Morgan fingerprint density at radius 2 is 1.90 bits per heavy atom. The van der Waals surface area contributed by atoms with Crippen LogP contribution < -0.4 is 20.3 Å². The van der Waals surface area contributed by atoms with E-state index in [0.29, 0.717) is 5.02 Å². The number of hydrogen-bond donors (Lipinski definition) is 2. The number of ether oxygens (including phenoxy) is 1. The summed E-state index contributed by atoms with van der Waals surface area (Å²) in [5.41, 5.74) is 2.13. The molecule has 1 aliphatic heterocycles. The van der Waals surface area contributed by atoms with Crippen molar-refractivity contribution in [3.8, 4) is 5.75 Å². The van der Waals surface area contributed by atoms with Gasteiger partial charge >= 0.3 is 0 Å². The van der Waals surface area contributed by atoms with E-state index in [9.17, 15) is 4.79 Å². The largest absolute Gasteiger partial charge is 0.494 e. The van der Waals surface area contributed by atoms with Crippen LogP contribution in [0.2, 0.25) is 10.0 Å². The maximum Gasteiger partial charge on any atom is 0.261 e. The number of thiocarbonyl (C=S) groups is 1. The summed E-state index contributed by atoms with van der Waals surface area (Å²) >= 11 is 17.5. The van der Waals surface area contributed by atoms with Crippen LogP contribution in [0.15, 0.2) is 36.4 Å². The monoisotopic (exact) mass is 451 g/mol. The lowest BCUT2D eigenvalue weighted by molar-refractivity contribution is 0.0975. The molecule has 0 aliphatic carbocycles. The average Bonchev–Trinajstić information content (AvgIpc) is 2.68. The summed E-state index contributed by atoms with van der Waals surface area (Å²) in [7, 11) is 1.44. The van der Waals surface area contributed by atoms with Crippen LogP contribution in [0.1, 0.15) is 30.1 Å². The second kappa shape index (κ2) is 9.65. The number of anilines is 2. The van der Waals surface area contributed by atoms with Gasteiger partial charge in [0.25, 0.3) is 5.91 Å². The highest BCUT2D eigenvalue weighted by Crippen LogP contribution is 2.32. The molecule has 154 valence electrons. The summed E-state index contributed by atoms with van der Waals surface area (Å²) in [5.74, 6) is 0.540. The van der Waals surface area contributed by atoms with Crippen LogP contribution >= 0.6 is 35.4 Å². The summed E-state index contributed by atoms with van der Waals surface area (Å²) in [4.78, 5) is 15.0. The zero-order valence-electron chi connectivity index (χ0n) is 16.3. The Bertz CT molecular complexity index is 915. The predicted molar refractivity (Wildman–Crippen MR) is 124 cm³/mol. The van der Waals surface area contributed by atoms with Crippen LogP contribution in [-0.2, 0) is 0 Å². The van der Waals surface area contributed by atoms with Gasteiger partial charge in [0.2, 0.25) is 0 Å². The Hall–Kier alpha value is -2.02. The summed E-state index contributed by atoms with van der Waals surface area (Å²) in [5, 5.41) is 6.60. The predicted octanol–water partition coefficient (Wildman–Crippen LogP) is 5.37. The number of piperidine rings is 1. The third-order valence-corrected chi connectivity index (χ3v) is 5.66. The molecule has 0 radical (unpaired) electrons. The minimum absolute atomic E-state index is 0.186. The van der Waals surface area contributed by atoms with Crippen LogP contribution in [0, 0.1) is 5.92 Å². The van der Waals surface area contributed by atoms with E-state index >= 15 is 0 Å². The van der Waals surface area contributed by atoms with E-state index in [4.69, 9.17) is 40.2 Å². The van der Waals surface area contributed by atoms with Gasteiger partial charge in [0.15, 0.2) is 5.11 Å². The molecule has 1 fully saturated rings. The van der Waals surface area contributed by atoms with Gasteiger partial charge in [-0.25, -0.2) is 0 Å². The molecule has 1 saturated heterocycles. The molecule has 0 spiro atoms. The number of benzene rings is 2. The fourth-order valence-corrected chi connectivity index (χ4v) is 4.14. The van der Waals surface area contributed by atoms with Gasteiger partial charge in [-0.05, 0) is 55.2 Å². The van der Waals surface area contributed by atoms with Gasteiger partial charge in [0.1, 0.15) is 5.75 Å². The maximum absolute atomic E-state index is 12.7. The van der Waals surface area contributed by atoms with Gasteiger partial charge in [0, 0.05) is 18.1 Å². The van der Waals surface area contributed by atoms with Gasteiger partial charge in [-0.2, -0.15) is 0 Å².